The van der Waals surface area contributed by atoms with Gasteiger partial charge in [-0.15, -0.1) is 5.10 Å². The van der Waals surface area contributed by atoms with Crippen molar-refractivity contribution in [3.05, 3.63) is 59.6 Å². The number of nitrogen functional groups attached to an aromatic ring is 1. The van der Waals surface area contributed by atoms with Crippen molar-refractivity contribution in [1.82, 2.24) is 29.5 Å². The van der Waals surface area contributed by atoms with Crippen LogP contribution in [0.15, 0.2) is 36.7 Å². The summed E-state index contributed by atoms with van der Waals surface area (Å²) in [6.07, 6.45) is 3.66. The third-order valence-electron chi connectivity index (χ3n) is 4.02. The third-order valence-corrected chi connectivity index (χ3v) is 4.02. The van der Waals surface area contributed by atoms with Crippen LogP contribution in [-0.2, 0) is 6.54 Å². The van der Waals surface area contributed by atoms with E-state index >= 15 is 0 Å². The highest BCUT2D eigenvalue weighted by Gasteiger charge is 2.14. The monoisotopic (exact) mass is 337 g/mol. The Labute approximate surface area is 142 Å². The van der Waals surface area contributed by atoms with E-state index in [0.717, 1.165) is 16.6 Å². The van der Waals surface area contributed by atoms with Crippen molar-refractivity contribution >= 4 is 16.9 Å². The van der Waals surface area contributed by atoms with E-state index < -0.39 is 0 Å². The summed E-state index contributed by atoms with van der Waals surface area (Å²) in [7, 11) is 0. The van der Waals surface area contributed by atoms with Gasteiger partial charge in [0.05, 0.1) is 18.1 Å². The average Bonchev–Trinajstić information content (AvgIpc) is 3.13. The zero-order valence-corrected chi connectivity index (χ0v) is 13.8. The summed E-state index contributed by atoms with van der Waals surface area (Å²) in [5.74, 6) is 0.727. The van der Waals surface area contributed by atoms with Crippen LogP contribution in [0.2, 0.25) is 0 Å². The maximum Gasteiger partial charge on any atom is 0.148 e. The predicted octanol–water partition coefficient (Wildman–Crippen LogP) is 2.40. The molecule has 0 spiro atoms. The van der Waals surface area contributed by atoms with Crippen molar-refractivity contribution in [3.8, 4) is 5.69 Å². The van der Waals surface area contributed by atoms with Gasteiger partial charge in [0.1, 0.15) is 34.5 Å². The number of anilines is 1. The van der Waals surface area contributed by atoms with E-state index in [0.29, 0.717) is 29.6 Å². The quantitative estimate of drug-likeness (QED) is 0.620. The molecular weight excluding hydrogens is 321 g/mol. The minimum absolute atomic E-state index is 0.350. The van der Waals surface area contributed by atoms with Gasteiger partial charge in [0.2, 0.25) is 0 Å². The van der Waals surface area contributed by atoms with Crippen LogP contribution in [0.4, 0.5) is 10.2 Å². The summed E-state index contributed by atoms with van der Waals surface area (Å²) in [5, 5.41) is 9.00. The summed E-state index contributed by atoms with van der Waals surface area (Å²) in [6, 6.07) is 6.44. The maximum atomic E-state index is 13.9. The molecule has 0 bridgehead atoms. The minimum Gasteiger partial charge on any atom is -0.383 e. The molecule has 8 heteroatoms. The van der Waals surface area contributed by atoms with Gasteiger partial charge in [-0.3, -0.25) is 0 Å². The summed E-state index contributed by atoms with van der Waals surface area (Å²) in [4.78, 5) is 8.71. The number of aryl methyl sites for hydroxylation is 2. The molecule has 0 atom stereocenters. The number of halogens is 1. The number of nitrogens with two attached hydrogens (primary N) is 1. The van der Waals surface area contributed by atoms with Crippen molar-refractivity contribution in [3.63, 3.8) is 0 Å². The van der Waals surface area contributed by atoms with Crippen molar-refractivity contribution < 1.29 is 4.39 Å². The Kier molecular flexibility index (Phi) is 3.45. The van der Waals surface area contributed by atoms with E-state index in [2.05, 4.69) is 20.3 Å². The Hall–Kier alpha value is -3.29. The zero-order valence-electron chi connectivity index (χ0n) is 13.8. The van der Waals surface area contributed by atoms with E-state index in [-0.39, 0.29) is 5.82 Å². The molecule has 7 nitrogen and oxygen atoms in total. The van der Waals surface area contributed by atoms with E-state index in [4.69, 9.17) is 5.73 Å². The molecule has 3 heterocycles. The maximum absolute atomic E-state index is 13.9. The molecule has 1 aromatic carbocycles. The van der Waals surface area contributed by atoms with Crippen molar-refractivity contribution in [2.45, 2.75) is 20.4 Å². The highest BCUT2D eigenvalue weighted by atomic mass is 19.1. The van der Waals surface area contributed by atoms with Gasteiger partial charge in [-0.25, -0.2) is 19.0 Å². The smallest absolute Gasteiger partial charge is 0.148 e. The Morgan fingerprint density at radius 1 is 1.12 bits per heavy atom. The molecule has 0 saturated heterocycles. The van der Waals surface area contributed by atoms with Gasteiger partial charge >= 0.3 is 0 Å². The highest BCUT2D eigenvalue weighted by molar-refractivity contribution is 5.89. The fraction of sp³-hybridized carbons (Fsp3) is 0.176. The summed E-state index contributed by atoms with van der Waals surface area (Å²) >= 11 is 0. The number of para-hydroxylation sites is 1. The van der Waals surface area contributed by atoms with Crippen LogP contribution in [0.1, 0.15) is 17.1 Å². The molecule has 0 amide bonds. The molecule has 0 unspecified atom stereocenters. The fourth-order valence-electron chi connectivity index (χ4n) is 2.95. The van der Waals surface area contributed by atoms with E-state index in [1.807, 2.05) is 17.7 Å². The third kappa shape index (κ3) is 2.61. The van der Waals surface area contributed by atoms with Crippen LogP contribution in [0, 0.1) is 19.7 Å². The van der Waals surface area contributed by atoms with E-state index in [1.165, 1.54) is 10.7 Å². The van der Waals surface area contributed by atoms with Gasteiger partial charge in [-0.1, -0.05) is 17.3 Å². The first-order valence-corrected chi connectivity index (χ1v) is 7.78. The van der Waals surface area contributed by atoms with Crippen molar-refractivity contribution in [2.75, 3.05) is 5.73 Å². The van der Waals surface area contributed by atoms with Gasteiger partial charge in [0.25, 0.3) is 0 Å². The molecule has 0 fully saturated rings. The number of aromatic nitrogens is 6. The first-order valence-electron chi connectivity index (χ1n) is 7.78. The second-order valence-electron chi connectivity index (χ2n) is 5.90. The first kappa shape index (κ1) is 15.3. The van der Waals surface area contributed by atoms with Gasteiger partial charge in [0, 0.05) is 6.20 Å². The molecular formula is C17H16FN7. The van der Waals surface area contributed by atoms with Gasteiger partial charge in [-0.05, 0) is 31.5 Å². The number of fused-ring (bicyclic) bond motifs is 1. The molecule has 126 valence electrons. The zero-order chi connectivity index (χ0) is 17.6. The van der Waals surface area contributed by atoms with Crippen LogP contribution >= 0.6 is 0 Å². The number of nitrogens with zero attached hydrogens (tertiary/aromatic N) is 6. The molecule has 4 aromatic rings. The second-order valence-corrected chi connectivity index (χ2v) is 5.90. The molecule has 25 heavy (non-hydrogen) atoms. The Morgan fingerprint density at radius 2 is 1.92 bits per heavy atom. The lowest BCUT2D eigenvalue weighted by Crippen LogP contribution is -2.03. The van der Waals surface area contributed by atoms with Gasteiger partial charge < -0.3 is 10.3 Å². The number of hydrogen-bond acceptors (Lipinski definition) is 5. The van der Waals surface area contributed by atoms with Crippen LogP contribution in [0.3, 0.4) is 0 Å². The lowest BCUT2D eigenvalue weighted by molar-refractivity contribution is 0.607. The Morgan fingerprint density at radius 3 is 2.72 bits per heavy atom. The largest absolute Gasteiger partial charge is 0.383 e. The van der Waals surface area contributed by atoms with E-state index in [1.54, 1.807) is 31.3 Å². The normalized spacial score (nSPS) is 11.3. The molecule has 4 rings (SSSR count). The molecule has 0 saturated carbocycles. The Balaban J connectivity index is 1.72. The lowest BCUT2D eigenvalue weighted by atomic mass is 10.2. The first-order chi connectivity index (χ1) is 12.0. The van der Waals surface area contributed by atoms with Crippen LogP contribution in [-0.4, -0.2) is 29.5 Å². The molecule has 0 aliphatic carbocycles. The van der Waals surface area contributed by atoms with Crippen LogP contribution < -0.4 is 5.73 Å². The van der Waals surface area contributed by atoms with Crippen molar-refractivity contribution in [2.24, 2.45) is 0 Å². The predicted molar refractivity (Wildman–Crippen MR) is 91.8 cm³/mol. The van der Waals surface area contributed by atoms with Crippen LogP contribution in [0.25, 0.3) is 16.7 Å². The topological polar surface area (TPSA) is 87.4 Å². The van der Waals surface area contributed by atoms with Crippen molar-refractivity contribution in [1.29, 1.82) is 0 Å². The van der Waals surface area contributed by atoms with E-state index in [9.17, 15) is 4.39 Å². The SMILES string of the molecule is Cc1nc(N)c2c(C)cn(Cc3cn(-c4ccccc4F)nn3)c2n1. The molecule has 0 aliphatic rings. The van der Waals surface area contributed by atoms with Gasteiger partial charge in [-0.2, -0.15) is 0 Å². The fourth-order valence-corrected chi connectivity index (χ4v) is 2.95. The highest BCUT2D eigenvalue weighted by Crippen LogP contribution is 2.24. The number of rotatable bonds is 3. The van der Waals surface area contributed by atoms with Crippen LogP contribution in [0.5, 0.6) is 0 Å². The lowest BCUT2D eigenvalue weighted by Gasteiger charge is -2.03. The molecule has 0 radical (unpaired) electrons. The summed E-state index contributed by atoms with van der Waals surface area (Å²) in [6.45, 7) is 4.22. The number of hydrogen-bond donors (Lipinski definition) is 1. The summed E-state index contributed by atoms with van der Waals surface area (Å²) < 4.78 is 17.3. The molecule has 2 N–H and O–H groups in total. The van der Waals surface area contributed by atoms with Gasteiger partial charge in [0.15, 0.2) is 0 Å². The molecule has 3 aromatic heterocycles. The molecule has 0 aliphatic heterocycles. The number of benzene rings is 1. The summed E-state index contributed by atoms with van der Waals surface area (Å²) in [5.41, 5.74) is 8.82. The Bertz CT molecular complexity index is 1080. The second kappa shape index (κ2) is 5.66. The average molecular weight is 337 g/mol. The standard InChI is InChI=1S/C17H16FN7/c1-10-7-24(17-15(10)16(19)20-11(2)21-17)8-12-9-25(23-22-12)14-6-4-3-5-13(14)18/h3-7,9H,8H2,1-2H3,(H2,19,20,21). The minimum atomic E-state index is -0.350.